The Kier molecular flexibility index (Phi) is 4.91. The van der Waals surface area contributed by atoms with Gasteiger partial charge in [0.25, 0.3) is 5.91 Å². The Morgan fingerprint density at radius 2 is 1.59 bits per heavy atom. The smallest absolute Gasteiger partial charge is 0.252 e. The topological polar surface area (TPSA) is 41.5 Å². The van der Waals surface area contributed by atoms with Gasteiger partial charge in [0.1, 0.15) is 0 Å². The first-order valence-electron chi connectivity index (χ1n) is 7.37. The third kappa shape index (κ3) is 3.57. The second-order valence-corrected chi connectivity index (χ2v) is 6.32. The molecule has 2 aromatic rings. The Hall–Kier alpha value is -2.07. The Balaban J connectivity index is 1.85. The van der Waals surface area contributed by atoms with E-state index in [1.54, 1.807) is 0 Å². The number of rotatable bonds is 4. The number of amides is 1. The van der Waals surface area contributed by atoms with Crippen LogP contribution in [0, 0.1) is 0 Å². The van der Waals surface area contributed by atoms with E-state index in [0.29, 0.717) is 0 Å². The van der Waals surface area contributed by atoms with Crippen molar-refractivity contribution >= 4 is 23.4 Å². The zero-order valence-electron chi connectivity index (χ0n) is 12.2. The summed E-state index contributed by atoms with van der Waals surface area (Å²) in [7, 11) is 0. The lowest BCUT2D eigenvalue weighted by Gasteiger charge is -2.16. The van der Waals surface area contributed by atoms with Gasteiger partial charge < -0.3 is 0 Å². The molecule has 1 fully saturated rings. The standard InChI is InChI=1S/C18H18N2OS/c21-18(20-19-16-11-12-22-13-16)17(14-7-3-1-4-8-14)15-9-5-2-6-10-15/h1-10,17H,11-13H2,(H,20,21)/b19-16+. The summed E-state index contributed by atoms with van der Waals surface area (Å²) in [5, 5.41) is 4.29. The number of thioether (sulfide) groups is 1. The predicted molar refractivity (Wildman–Crippen MR) is 92.2 cm³/mol. The minimum atomic E-state index is -0.333. The molecule has 0 saturated carbocycles. The zero-order chi connectivity index (χ0) is 15.2. The quantitative estimate of drug-likeness (QED) is 0.879. The van der Waals surface area contributed by atoms with E-state index in [1.807, 2.05) is 72.4 Å². The molecule has 2 aromatic carbocycles. The van der Waals surface area contributed by atoms with E-state index >= 15 is 0 Å². The highest BCUT2D eigenvalue weighted by atomic mass is 32.2. The van der Waals surface area contributed by atoms with E-state index in [0.717, 1.165) is 34.8 Å². The van der Waals surface area contributed by atoms with Gasteiger partial charge in [0.2, 0.25) is 0 Å². The molecule has 0 aromatic heterocycles. The van der Waals surface area contributed by atoms with E-state index in [9.17, 15) is 4.79 Å². The van der Waals surface area contributed by atoms with Crippen molar-refractivity contribution in [1.29, 1.82) is 0 Å². The molecule has 4 heteroatoms. The number of hydrogen-bond donors (Lipinski definition) is 1. The van der Waals surface area contributed by atoms with E-state index in [4.69, 9.17) is 0 Å². The van der Waals surface area contributed by atoms with Crippen LogP contribution in [0.15, 0.2) is 65.8 Å². The summed E-state index contributed by atoms with van der Waals surface area (Å²) in [6.45, 7) is 0. The molecule has 1 amide bonds. The number of benzene rings is 2. The SMILES string of the molecule is O=C(N/N=C1\CCSC1)C(c1ccccc1)c1ccccc1. The molecule has 1 N–H and O–H groups in total. The highest BCUT2D eigenvalue weighted by Crippen LogP contribution is 2.24. The van der Waals surface area contributed by atoms with Crippen LogP contribution >= 0.6 is 11.8 Å². The normalized spacial score (nSPS) is 16.1. The first kappa shape index (κ1) is 14.9. The highest BCUT2D eigenvalue weighted by molar-refractivity contribution is 8.00. The Bertz CT molecular complexity index is 608. The molecule has 0 bridgehead atoms. The van der Waals surface area contributed by atoms with Gasteiger partial charge in [-0.25, -0.2) is 5.43 Å². The van der Waals surface area contributed by atoms with Crippen LogP contribution in [0.25, 0.3) is 0 Å². The average molecular weight is 310 g/mol. The average Bonchev–Trinajstić information content (AvgIpc) is 3.09. The first-order chi connectivity index (χ1) is 10.8. The fraction of sp³-hybridized carbons (Fsp3) is 0.222. The van der Waals surface area contributed by atoms with Gasteiger partial charge in [-0.3, -0.25) is 4.79 Å². The Labute approximate surface area is 134 Å². The summed E-state index contributed by atoms with van der Waals surface area (Å²) in [6, 6.07) is 19.7. The molecule has 3 rings (SSSR count). The molecular weight excluding hydrogens is 292 g/mol. The molecular formula is C18H18N2OS. The van der Waals surface area contributed by atoms with E-state index in [1.165, 1.54) is 0 Å². The lowest BCUT2D eigenvalue weighted by atomic mass is 9.91. The van der Waals surface area contributed by atoms with Crippen LogP contribution in [0.1, 0.15) is 23.5 Å². The predicted octanol–water partition coefficient (Wildman–Crippen LogP) is 3.43. The lowest BCUT2D eigenvalue weighted by Crippen LogP contribution is -2.27. The largest absolute Gasteiger partial charge is 0.272 e. The fourth-order valence-corrected chi connectivity index (χ4v) is 3.49. The second-order valence-electron chi connectivity index (χ2n) is 5.21. The number of hydrogen-bond acceptors (Lipinski definition) is 3. The molecule has 3 nitrogen and oxygen atoms in total. The zero-order valence-corrected chi connectivity index (χ0v) is 13.1. The first-order valence-corrected chi connectivity index (χ1v) is 8.53. The molecule has 0 atom stereocenters. The van der Waals surface area contributed by atoms with Crippen LogP contribution < -0.4 is 5.43 Å². The molecule has 1 aliphatic heterocycles. The molecule has 0 unspecified atom stereocenters. The number of carbonyl (C=O) groups is 1. The number of carbonyl (C=O) groups excluding carboxylic acids is 1. The van der Waals surface area contributed by atoms with Gasteiger partial charge in [-0.05, 0) is 23.3 Å². The van der Waals surface area contributed by atoms with Crippen molar-refractivity contribution < 1.29 is 4.79 Å². The van der Waals surface area contributed by atoms with Crippen molar-refractivity contribution in [1.82, 2.24) is 5.43 Å². The van der Waals surface area contributed by atoms with Crippen molar-refractivity contribution in [3.05, 3.63) is 71.8 Å². The van der Waals surface area contributed by atoms with Gasteiger partial charge in [0, 0.05) is 11.5 Å². The van der Waals surface area contributed by atoms with Gasteiger partial charge in [-0.15, -0.1) is 0 Å². The summed E-state index contributed by atoms with van der Waals surface area (Å²) in [4.78, 5) is 12.7. The minimum absolute atomic E-state index is 0.0817. The van der Waals surface area contributed by atoms with E-state index < -0.39 is 0 Å². The Morgan fingerprint density at radius 3 is 2.09 bits per heavy atom. The van der Waals surface area contributed by atoms with Crippen molar-refractivity contribution in [3.8, 4) is 0 Å². The van der Waals surface area contributed by atoms with Gasteiger partial charge in [-0.1, -0.05) is 60.7 Å². The maximum Gasteiger partial charge on any atom is 0.252 e. The molecule has 1 aliphatic rings. The van der Waals surface area contributed by atoms with Crippen molar-refractivity contribution in [3.63, 3.8) is 0 Å². The number of nitrogens with zero attached hydrogens (tertiary/aromatic N) is 1. The molecule has 1 heterocycles. The summed E-state index contributed by atoms with van der Waals surface area (Å²) >= 11 is 1.85. The summed E-state index contributed by atoms with van der Waals surface area (Å²) in [5.74, 6) is 1.60. The van der Waals surface area contributed by atoms with Crippen LogP contribution in [0.4, 0.5) is 0 Å². The van der Waals surface area contributed by atoms with Crippen LogP contribution in [0.2, 0.25) is 0 Å². The van der Waals surface area contributed by atoms with Gasteiger partial charge in [-0.2, -0.15) is 16.9 Å². The van der Waals surface area contributed by atoms with Gasteiger partial charge in [0.15, 0.2) is 0 Å². The van der Waals surface area contributed by atoms with Crippen molar-refractivity contribution in [2.24, 2.45) is 5.10 Å². The summed E-state index contributed by atoms with van der Waals surface area (Å²) in [5.41, 5.74) is 5.78. The van der Waals surface area contributed by atoms with E-state index in [2.05, 4.69) is 10.5 Å². The monoisotopic (exact) mass is 310 g/mol. The second kappa shape index (κ2) is 7.27. The highest BCUT2D eigenvalue weighted by Gasteiger charge is 2.22. The lowest BCUT2D eigenvalue weighted by molar-refractivity contribution is -0.121. The molecule has 1 saturated heterocycles. The molecule has 112 valence electrons. The summed E-state index contributed by atoms with van der Waals surface area (Å²) < 4.78 is 0. The minimum Gasteiger partial charge on any atom is -0.272 e. The number of hydrazone groups is 1. The van der Waals surface area contributed by atoms with Crippen LogP contribution in [0.3, 0.4) is 0 Å². The maximum atomic E-state index is 12.7. The van der Waals surface area contributed by atoms with Crippen molar-refractivity contribution in [2.45, 2.75) is 12.3 Å². The van der Waals surface area contributed by atoms with Crippen molar-refractivity contribution in [2.75, 3.05) is 11.5 Å². The fourth-order valence-electron chi connectivity index (χ4n) is 2.53. The molecule has 22 heavy (non-hydrogen) atoms. The van der Waals surface area contributed by atoms with Gasteiger partial charge in [0.05, 0.1) is 5.92 Å². The van der Waals surface area contributed by atoms with Crippen LogP contribution in [-0.4, -0.2) is 23.1 Å². The molecule has 0 aliphatic carbocycles. The third-order valence-electron chi connectivity index (χ3n) is 3.66. The molecule has 0 radical (unpaired) electrons. The van der Waals surface area contributed by atoms with Crippen LogP contribution in [-0.2, 0) is 4.79 Å². The van der Waals surface area contributed by atoms with Crippen LogP contribution in [0.5, 0.6) is 0 Å². The third-order valence-corrected chi connectivity index (χ3v) is 4.69. The van der Waals surface area contributed by atoms with E-state index in [-0.39, 0.29) is 11.8 Å². The molecule has 0 spiro atoms. The maximum absolute atomic E-state index is 12.7. The van der Waals surface area contributed by atoms with Gasteiger partial charge >= 0.3 is 0 Å². The number of nitrogens with one attached hydrogen (secondary N) is 1. The Morgan fingerprint density at radius 1 is 1.00 bits per heavy atom. The summed E-state index contributed by atoms with van der Waals surface area (Å²) in [6.07, 6.45) is 0.965.